The standard InChI is InChI=1S/C18H30O2SSi/c1-8-13(17(20)21-18(2,3)4)16(19)14-11-9-10-12-15(14)22(5,6)7/h9-13,16,19H,8H2,1-7H3/t13-,16+/m1/s1. The second kappa shape index (κ2) is 7.32. The van der Waals surface area contributed by atoms with Gasteiger partial charge in [-0.2, -0.15) is 0 Å². The zero-order valence-electron chi connectivity index (χ0n) is 14.9. The number of aliphatic hydroxyl groups is 1. The Morgan fingerprint density at radius 3 is 2.23 bits per heavy atom. The van der Waals surface area contributed by atoms with Crippen LogP contribution in [0.5, 0.6) is 0 Å². The van der Waals surface area contributed by atoms with Crippen molar-refractivity contribution in [1.82, 2.24) is 0 Å². The minimum absolute atomic E-state index is 0.0906. The van der Waals surface area contributed by atoms with Crippen LogP contribution in [0.2, 0.25) is 19.6 Å². The first-order valence-corrected chi connectivity index (χ1v) is 12.3. The topological polar surface area (TPSA) is 37.3 Å². The van der Waals surface area contributed by atoms with Crippen LogP contribution in [0, 0.1) is 5.92 Å². The second-order valence-electron chi connectivity index (χ2n) is 7.83. The van der Waals surface area contributed by atoms with Crippen molar-refractivity contribution in [3.63, 3.8) is 0 Å². The van der Waals surface area contributed by atoms with Crippen molar-refractivity contribution in [2.24, 2.45) is 5.92 Å². The van der Waals surface area contributed by atoms with Crippen LogP contribution in [0.15, 0.2) is 24.3 Å². The minimum Gasteiger partial charge on any atom is -0.388 e. The second-order valence-corrected chi connectivity index (χ2v) is 14.7. The summed E-state index contributed by atoms with van der Waals surface area (Å²) in [5.74, 6) is -0.346. The molecule has 4 heteroatoms. The van der Waals surface area contributed by atoms with Crippen LogP contribution in [0.4, 0.5) is 0 Å². The van der Waals surface area contributed by atoms with E-state index < -0.39 is 14.2 Å². The lowest BCUT2D eigenvalue weighted by molar-refractivity contribution is -0.117. The number of carbonyl (C=O) groups is 1. The molecule has 0 spiro atoms. The molecule has 0 unspecified atom stereocenters. The van der Waals surface area contributed by atoms with Crippen LogP contribution >= 0.6 is 11.8 Å². The summed E-state index contributed by atoms with van der Waals surface area (Å²) < 4.78 is -0.123. The van der Waals surface area contributed by atoms with Crippen molar-refractivity contribution >= 4 is 30.1 Å². The van der Waals surface area contributed by atoms with Crippen LogP contribution in [0.1, 0.15) is 45.8 Å². The van der Waals surface area contributed by atoms with E-state index in [-0.39, 0.29) is 15.8 Å². The molecule has 1 aromatic rings. The molecular formula is C18H30O2SSi. The van der Waals surface area contributed by atoms with Crippen LogP contribution in [-0.2, 0) is 4.79 Å². The molecule has 2 nitrogen and oxygen atoms in total. The molecule has 2 atom stereocenters. The molecular weight excluding hydrogens is 308 g/mol. The number of carbonyl (C=O) groups excluding carboxylic acids is 1. The maximum atomic E-state index is 12.6. The number of hydrogen-bond donors (Lipinski definition) is 1. The lowest BCUT2D eigenvalue weighted by Gasteiger charge is -2.28. The van der Waals surface area contributed by atoms with Crippen molar-refractivity contribution in [1.29, 1.82) is 0 Å². The minimum atomic E-state index is -1.56. The summed E-state index contributed by atoms with van der Waals surface area (Å²) in [5, 5.41) is 12.2. The quantitative estimate of drug-likeness (QED) is 0.811. The van der Waals surface area contributed by atoms with E-state index in [1.54, 1.807) is 0 Å². The van der Waals surface area contributed by atoms with E-state index in [0.717, 1.165) is 5.56 Å². The lowest BCUT2D eigenvalue weighted by atomic mass is 9.94. The average Bonchev–Trinajstić information content (AvgIpc) is 2.36. The maximum Gasteiger partial charge on any atom is 0.195 e. The fourth-order valence-corrected chi connectivity index (χ4v) is 5.29. The van der Waals surface area contributed by atoms with Gasteiger partial charge < -0.3 is 5.11 Å². The highest BCUT2D eigenvalue weighted by Crippen LogP contribution is 2.34. The largest absolute Gasteiger partial charge is 0.388 e. The molecule has 0 saturated carbocycles. The number of aliphatic hydroxyl groups excluding tert-OH is 1. The first kappa shape index (κ1) is 19.5. The normalized spacial score (nSPS) is 15.5. The summed E-state index contributed by atoms with van der Waals surface area (Å²) in [6.07, 6.45) is -0.0568. The van der Waals surface area contributed by atoms with E-state index in [1.807, 2.05) is 45.9 Å². The summed E-state index contributed by atoms with van der Waals surface area (Å²) in [5.41, 5.74) is 0.941. The smallest absolute Gasteiger partial charge is 0.195 e. The Morgan fingerprint density at radius 2 is 1.77 bits per heavy atom. The van der Waals surface area contributed by atoms with Crippen LogP contribution in [0.3, 0.4) is 0 Å². The molecule has 1 aromatic carbocycles. The molecule has 0 aliphatic carbocycles. The predicted molar refractivity (Wildman–Crippen MR) is 101 cm³/mol. The van der Waals surface area contributed by atoms with Crippen molar-refractivity contribution in [2.75, 3.05) is 0 Å². The third kappa shape index (κ3) is 5.25. The molecule has 22 heavy (non-hydrogen) atoms. The number of rotatable bonds is 5. The van der Waals surface area contributed by atoms with Gasteiger partial charge in [0, 0.05) is 4.75 Å². The van der Waals surface area contributed by atoms with Crippen LogP contribution in [0.25, 0.3) is 0 Å². The molecule has 0 amide bonds. The number of benzene rings is 1. The molecule has 0 radical (unpaired) electrons. The summed E-state index contributed by atoms with van der Waals surface area (Å²) in [6, 6.07) is 8.07. The zero-order chi connectivity index (χ0) is 17.1. The highest BCUT2D eigenvalue weighted by molar-refractivity contribution is 8.14. The van der Waals surface area contributed by atoms with Gasteiger partial charge in [0.1, 0.15) is 0 Å². The van der Waals surface area contributed by atoms with Gasteiger partial charge in [-0.1, -0.05) is 88.6 Å². The van der Waals surface area contributed by atoms with Gasteiger partial charge in [0.15, 0.2) is 5.12 Å². The average molecular weight is 339 g/mol. The van der Waals surface area contributed by atoms with E-state index in [9.17, 15) is 9.90 Å². The van der Waals surface area contributed by atoms with E-state index in [1.165, 1.54) is 16.9 Å². The Bertz CT molecular complexity index is 515. The summed E-state index contributed by atoms with van der Waals surface area (Å²) >= 11 is 1.34. The van der Waals surface area contributed by atoms with E-state index in [2.05, 4.69) is 25.7 Å². The summed E-state index contributed by atoms with van der Waals surface area (Å²) in [6.45, 7) is 14.9. The van der Waals surface area contributed by atoms with Gasteiger partial charge in [0.05, 0.1) is 20.1 Å². The number of hydrogen-bond acceptors (Lipinski definition) is 3. The van der Waals surface area contributed by atoms with E-state index >= 15 is 0 Å². The fourth-order valence-electron chi connectivity index (χ4n) is 2.55. The van der Waals surface area contributed by atoms with Gasteiger partial charge >= 0.3 is 0 Å². The van der Waals surface area contributed by atoms with Crippen molar-refractivity contribution < 1.29 is 9.90 Å². The van der Waals surface area contributed by atoms with Gasteiger partial charge in [-0.25, -0.2) is 0 Å². The van der Waals surface area contributed by atoms with Crippen LogP contribution in [-0.4, -0.2) is 23.0 Å². The number of thioether (sulfide) groups is 1. The highest BCUT2D eigenvalue weighted by atomic mass is 32.2. The van der Waals surface area contributed by atoms with E-state index in [4.69, 9.17) is 0 Å². The summed E-state index contributed by atoms with van der Waals surface area (Å²) in [4.78, 5) is 12.6. The van der Waals surface area contributed by atoms with Gasteiger partial charge in [-0.3, -0.25) is 4.79 Å². The molecule has 124 valence electrons. The Morgan fingerprint density at radius 1 is 1.23 bits per heavy atom. The van der Waals surface area contributed by atoms with Gasteiger partial charge in [0.2, 0.25) is 0 Å². The SMILES string of the molecule is CC[C@@H](C(=O)SC(C)(C)C)[C@H](O)c1ccccc1[Si](C)(C)C. The molecule has 0 heterocycles. The molecule has 0 aliphatic heterocycles. The summed E-state index contributed by atoms with van der Waals surface area (Å²) in [7, 11) is -1.56. The van der Waals surface area contributed by atoms with Crippen LogP contribution < -0.4 is 5.19 Å². The zero-order valence-corrected chi connectivity index (χ0v) is 16.8. The molecule has 0 aromatic heterocycles. The first-order valence-electron chi connectivity index (χ1n) is 7.97. The molecule has 0 fully saturated rings. The molecule has 0 aliphatic rings. The van der Waals surface area contributed by atoms with Crippen molar-refractivity contribution in [2.45, 2.75) is 64.6 Å². The van der Waals surface area contributed by atoms with Gasteiger partial charge in [-0.15, -0.1) is 0 Å². The molecule has 0 bridgehead atoms. The molecule has 1 rings (SSSR count). The molecule has 1 N–H and O–H groups in total. The maximum absolute atomic E-state index is 12.6. The third-order valence-electron chi connectivity index (χ3n) is 3.62. The van der Waals surface area contributed by atoms with Gasteiger partial charge in [-0.05, 0) is 12.0 Å². The van der Waals surface area contributed by atoms with Gasteiger partial charge in [0.25, 0.3) is 0 Å². The monoisotopic (exact) mass is 338 g/mol. The highest BCUT2D eigenvalue weighted by Gasteiger charge is 2.32. The van der Waals surface area contributed by atoms with E-state index in [0.29, 0.717) is 6.42 Å². The van der Waals surface area contributed by atoms with Crippen molar-refractivity contribution in [3.05, 3.63) is 29.8 Å². The Hall–Kier alpha value is -0.583. The Labute approximate surface area is 140 Å². The predicted octanol–water partition coefficient (Wildman–Crippen LogP) is 4.35. The van der Waals surface area contributed by atoms with Crippen molar-refractivity contribution in [3.8, 4) is 0 Å². The third-order valence-corrected chi connectivity index (χ3v) is 6.81. The molecule has 0 saturated heterocycles. The Balaban J connectivity index is 3.13. The lowest BCUT2D eigenvalue weighted by Crippen LogP contribution is -2.42. The fraction of sp³-hybridized carbons (Fsp3) is 0.611. The first-order chi connectivity index (χ1) is 9.97. The Kier molecular flexibility index (Phi) is 6.48.